The number of hydrogen-bond acceptors (Lipinski definition) is 9. The van der Waals surface area contributed by atoms with Gasteiger partial charge in [-0.3, -0.25) is 14.4 Å². The lowest BCUT2D eigenvalue weighted by molar-refractivity contribution is -0.134. The van der Waals surface area contributed by atoms with E-state index in [1.807, 2.05) is 61.5 Å². The molecule has 37 heavy (non-hydrogen) atoms. The van der Waals surface area contributed by atoms with E-state index in [4.69, 9.17) is 14.2 Å². The molecule has 0 aliphatic heterocycles. The molecule has 3 aromatic carbocycles. The van der Waals surface area contributed by atoms with Crippen molar-refractivity contribution in [1.82, 2.24) is 0 Å². The van der Waals surface area contributed by atoms with E-state index in [-0.39, 0.29) is 17.9 Å². The molecule has 0 fully saturated rings. The number of thiol groups is 3. The normalized spacial score (nSPS) is 9.51. The Balaban J connectivity index is 0.000000278. The molecule has 0 saturated heterocycles. The van der Waals surface area contributed by atoms with Crippen molar-refractivity contribution in [2.75, 3.05) is 17.3 Å². The number of carbonyl (C=O) groups is 3. The van der Waals surface area contributed by atoms with Crippen molar-refractivity contribution in [3.05, 3.63) is 90.5 Å². The van der Waals surface area contributed by atoms with Gasteiger partial charge in [-0.2, -0.15) is 37.9 Å². The monoisotopic (exact) mass is 560 g/mol. The highest BCUT2D eigenvalue weighted by molar-refractivity contribution is 7.80. The van der Waals surface area contributed by atoms with Gasteiger partial charge in [0.1, 0.15) is 17.2 Å². The van der Waals surface area contributed by atoms with Crippen molar-refractivity contribution in [2.24, 2.45) is 0 Å². The highest BCUT2D eigenvalue weighted by Gasteiger charge is 2.05. The quantitative estimate of drug-likeness (QED) is 0.168. The number of rotatable bonds is 9. The summed E-state index contributed by atoms with van der Waals surface area (Å²) < 4.78 is 15.0. The smallest absolute Gasteiger partial charge is 0.312 e. The molecule has 0 heterocycles. The minimum Gasteiger partial charge on any atom is -0.427 e. The van der Waals surface area contributed by atoms with Crippen molar-refractivity contribution in [2.45, 2.75) is 26.2 Å². The van der Waals surface area contributed by atoms with Crippen molar-refractivity contribution in [1.29, 1.82) is 0 Å². The summed E-state index contributed by atoms with van der Waals surface area (Å²) in [7, 11) is 0. The maximum absolute atomic E-state index is 11.1. The fraction of sp³-hybridized carbons (Fsp3) is 0.250. The number of para-hydroxylation sites is 3. The maximum Gasteiger partial charge on any atom is 0.312 e. The number of esters is 3. The first-order chi connectivity index (χ1) is 17.9. The van der Waals surface area contributed by atoms with Crippen LogP contribution in [-0.4, -0.2) is 35.2 Å². The van der Waals surface area contributed by atoms with Gasteiger partial charge in [-0.15, -0.1) is 0 Å². The zero-order chi connectivity index (χ0) is 27.3. The van der Waals surface area contributed by atoms with E-state index in [0.717, 1.165) is 5.56 Å². The second kappa shape index (κ2) is 20.2. The molecule has 0 amide bonds. The van der Waals surface area contributed by atoms with Crippen LogP contribution in [-0.2, 0) is 14.4 Å². The molecule has 198 valence electrons. The summed E-state index contributed by atoms with van der Waals surface area (Å²) in [6.07, 6.45) is 1.04. The van der Waals surface area contributed by atoms with E-state index in [0.29, 0.717) is 53.8 Å². The average Bonchev–Trinajstić information content (AvgIpc) is 2.88. The molecule has 3 aromatic rings. The van der Waals surface area contributed by atoms with Crippen LogP contribution in [0.3, 0.4) is 0 Å². The highest BCUT2D eigenvalue weighted by Crippen LogP contribution is 2.16. The fourth-order valence-electron chi connectivity index (χ4n) is 2.46. The Morgan fingerprint density at radius 3 is 1.27 bits per heavy atom. The molecule has 0 spiro atoms. The van der Waals surface area contributed by atoms with Gasteiger partial charge in [0.2, 0.25) is 0 Å². The van der Waals surface area contributed by atoms with Crippen LogP contribution in [0, 0.1) is 6.92 Å². The summed E-state index contributed by atoms with van der Waals surface area (Å²) in [4.78, 5) is 33.0. The lowest BCUT2D eigenvalue weighted by atomic mass is 10.2. The molecule has 9 heteroatoms. The molecule has 0 atom stereocenters. The van der Waals surface area contributed by atoms with Crippen LogP contribution >= 0.6 is 37.9 Å². The molecular formula is C28H32O6S3. The lowest BCUT2D eigenvalue weighted by Gasteiger charge is -2.05. The number of carbonyl (C=O) groups excluding carboxylic acids is 3. The van der Waals surface area contributed by atoms with Gasteiger partial charge in [0, 0.05) is 17.3 Å². The Morgan fingerprint density at radius 2 is 0.892 bits per heavy atom. The lowest BCUT2D eigenvalue weighted by Crippen LogP contribution is -2.08. The summed E-state index contributed by atoms with van der Waals surface area (Å²) in [6, 6.07) is 25.5. The minimum absolute atomic E-state index is 0.232. The third kappa shape index (κ3) is 15.8. The molecule has 0 aromatic heterocycles. The summed E-state index contributed by atoms with van der Waals surface area (Å²) in [5, 5.41) is 0. The van der Waals surface area contributed by atoms with E-state index in [2.05, 4.69) is 37.9 Å². The molecule has 0 N–H and O–H groups in total. The molecule has 0 radical (unpaired) electrons. The molecule has 0 aliphatic carbocycles. The van der Waals surface area contributed by atoms with Crippen molar-refractivity contribution in [3.63, 3.8) is 0 Å². The van der Waals surface area contributed by atoms with Gasteiger partial charge in [0.05, 0.1) is 19.3 Å². The van der Waals surface area contributed by atoms with Crippen LogP contribution in [0.2, 0.25) is 0 Å². The fourth-order valence-corrected chi connectivity index (χ4v) is 3.01. The largest absolute Gasteiger partial charge is 0.427 e. The van der Waals surface area contributed by atoms with E-state index < -0.39 is 0 Å². The van der Waals surface area contributed by atoms with Crippen LogP contribution in [0.15, 0.2) is 84.9 Å². The SMILES string of the molecule is Cc1ccccc1OC(=O)CCS.O=C(CCS)Oc1ccccc1.O=C(CCS)Oc1ccccc1. The first-order valence-electron chi connectivity index (χ1n) is 11.5. The van der Waals surface area contributed by atoms with Crippen LogP contribution < -0.4 is 14.2 Å². The van der Waals surface area contributed by atoms with Crippen molar-refractivity contribution in [3.8, 4) is 17.2 Å². The Labute approximate surface area is 234 Å². The number of ether oxygens (including phenoxy) is 3. The summed E-state index contributed by atoms with van der Waals surface area (Å²) in [6.45, 7) is 1.91. The Kier molecular flexibility index (Phi) is 17.6. The van der Waals surface area contributed by atoms with E-state index in [1.165, 1.54) is 0 Å². The molecule has 0 aliphatic rings. The topological polar surface area (TPSA) is 78.9 Å². The predicted octanol–water partition coefficient (Wildman–Crippen LogP) is 6.04. The third-order valence-electron chi connectivity index (χ3n) is 4.21. The van der Waals surface area contributed by atoms with Gasteiger partial charge in [-0.25, -0.2) is 0 Å². The van der Waals surface area contributed by atoms with Gasteiger partial charge >= 0.3 is 17.9 Å². The van der Waals surface area contributed by atoms with Gasteiger partial charge < -0.3 is 14.2 Å². The van der Waals surface area contributed by atoms with Gasteiger partial charge in [0.25, 0.3) is 0 Å². The van der Waals surface area contributed by atoms with Gasteiger partial charge in [-0.05, 0) is 42.8 Å². The first kappa shape index (κ1) is 32.1. The van der Waals surface area contributed by atoms with E-state index in [9.17, 15) is 14.4 Å². The molecule has 6 nitrogen and oxygen atoms in total. The Bertz CT molecular complexity index is 1010. The number of hydrogen-bond donors (Lipinski definition) is 3. The highest BCUT2D eigenvalue weighted by atomic mass is 32.1. The summed E-state index contributed by atoms with van der Waals surface area (Å²) >= 11 is 11.8. The average molecular weight is 561 g/mol. The third-order valence-corrected chi connectivity index (χ3v) is 4.89. The molecular weight excluding hydrogens is 529 g/mol. The molecule has 0 saturated carbocycles. The van der Waals surface area contributed by atoms with E-state index >= 15 is 0 Å². The second-order valence-electron chi connectivity index (χ2n) is 7.23. The number of benzene rings is 3. The molecule has 3 rings (SSSR count). The van der Waals surface area contributed by atoms with Crippen LogP contribution in [0.1, 0.15) is 24.8 Å². The summed E-state index contributed by atoms with van der Waals surface area (Å²) in [5.74, 6) is 2.65. The maximum atomic E-state index is 11.1. The van der Waals surface area contributed by atoms with E-state index in [1.54, 1.807) is 30.3 Å². The predicted molar refractivity (Wildman–Crippen MR) is 156 cm³/mol. The first-order valence-corrected chi connectivity index (χ1v) is 13.4. The van der Waals surface area contributed by atoms with Gasteiger partial charge in [0.15, 0.2) is 0 Å². The van der Waals surface area contributed by atoms with Crippen LogP contribution in [0.5, 0.6) is 17.2 Å². The molecule has 0 bridgehead atoms. The second-order valence-corrected chi connectivity index (χ2v) is 8.58. The number of aryl methyl sites for hydroxylation is 1. The minimum atomic E-state index is -0.240. The summed E-state index contributed by atoms with van der Waals surface area (Å²) in [5.41, 5.74) is 0.968. The zero-order valence-electron chi connectivity index (χ0n) is 20.6. The van der Waals surface area contributed by atoms with Crippen molar-refractivity contribution >= 4 is 55.8 Å². The standard InChI is InChI=1S/C10H12O2S.2C9H10O2S/c1-8-4-2-3-5-9(8)12-10(11)6-7-13;2*10-9(6-7-12)11-8-4-2-1-3-5-8/h2-5,13H,6-7H2,1H3;2*1-5,12H,6-7H2. The molecule has 0 unspecified atom stereocenters. The Hall–Kier alpha value is -2.88. The van der Waals surface area contributed by atoms with Crippen LogP contribution in [0.4, 0.5) is 0 Å². The Morgan fingerprint density at radius 1 is 0.541 bits per heavy atom. The van der Waals surface area contributed by atoms with Crippen LogP contribution in [0.25, 0.3) is 0 Å². The van der Waals surface area contributed by atoms with Crippen molar-refractivity contribution < 1.29 is 28.6 Å². The van der Waals surface area contributed by atoms with Gasteiger partial charge in [-0.1, -0.05) is 54.6 Å². The zero-order valence-corrected chi connectivity index (χ0v) is 23.3.